The van der Waals surface area contributed by atoms with E-state index in [-0.39, 0.29) is 16.9 Å². The maximum Gasteiger partial charge on any atom is 0.261 e. The van der Waals surface area contributed by atoms with Crippen LogP contribution in [0.25, 0.3) is 11.3 Å². The van der Waals surface area contributed by atoms with Gasteiger partial charge in [0.05, 0.1) is 11.3 Å². The van der Waals surface area contributed by atoms with Gasteiger partial charge in [0.2, 0.25) is 0 Å². The van der Waals surface area contributed by atoms with Crippen LogP contribution in [0.15, 0.2) is 35.1 Å². The van der Waals surface area contributed by atoms with Crippen molar-refractivity contribution in [2.45, 2.75) is 20.4 Å². The molecule has 0 unspecified atom stereocenters. The van der Waals surface area contributed by atoms with E-state index < -0.39 is 0 Å². The third-order valence-corrected chi connectivity index (χ3v) is 3.71. The van der Waals surface area contributed by atoms with Gasteiger partial charge in [0.1, 0.15) is 13.2 Å². The van der Waals surface area contributed by atoms with Crippen molar-refractivity contribution in [3.05, 3.63) is 46.2 Å². The van der Waals surface area contributed by atoms with E-state index in [1.807, 2.05) is 25.1 Å². The number of hydrogen-bond acceptors (Lipinski definition) is 4. The Bertz CT molecular complexity index is 792. The summed E-state index contributed by atoms with van der Waals surface area (Å²) in [5.74, 6) is 1.16. The Hall–Kier alpha value is -2.56. The molecule has 114 valence electrons. The molecule has 0 spiro atoms. The lowest BCUT2D eigenvalue weighted by Crippen LogP contribution is -2.26. The quantitative estimate of drug-likeness (QED) is 0.817. The van der Waals surface area contributed by atoms with E-state index in [0.717, 1.165) is 11.3 Å². The number of benzene rings is 1. The van der Waals surface area contributed by atoms with E-state index in [2.05, 4.69) is 0 Å². The molecule has 2 heterocycles. The molecule has 0 saturated heterocycles. The van der Waals surface area contributed by atoms with Gasteiger partial charge in [-0.3, -0.25) is 9.59 Å². The monoisotopic (exact) mass is 299 g/mol. The fraction of sp³-hybridized carbons (Fsp3) is 0.294. The summed E-state index contributed by atoms with van der Waals surface area (Å²) in [6.07, 6.45) is 0. The molecule has 2 aromatic rings. The first-order valence-corrected chi connectivity index (χ1v) is 7.26. The molecule has 0 atom stereocenters. The molecule has 0 aliphatic carbocycles. The van der Waals surface area contributed by atoms with Crippen molar-refractivity contribution in [1.82, 2.24) is 4.57 Å². The Balaban J connectivity index is 2.14. The van der Waals surface area contributed by atoms with E-state index in [1.165, 1.54) is 6.92 Å². The zero-order valence-corrected chi connectivity index (χ0v) is 12.6. The molecule has 1 aliphatic rings. The van der Waals surface area contributed by atoms with E-state index in [4.69, 9.17) is 9.47 Å². The van der Waals surface area contributed by atoms with Gasteiger partial charge in [0.25, 0.3) is 5.56 Å². The van der Waals surface area contributed by atoms with Crippen LogP contribution in [0.3, 0.4) is 0 Å². The predicted octanol–water partition coefficient (Wildman–Crippen LogP) is 2.51. The van der Waals surface area contributed by atoms with Gasteiger partial charge < -0.3 is 14.0 Å². The highest BCUT2D eigenvalue weighted by atomic mass is 16.6. The van der Waals surface area contributed by atoms with Crippen molar-refractivity contribution in [1.29, 1.82) is 0 Å². The van der Waals surface area contributed by atoms with Crippen LogP contribution < -0.4 is 15.0 Å². The summed E-state index contributed by atoms with van der Waals surface area (Å²) >= 11 is 0. The van der Waals surface area contributed by atoms with Gasteiger partial charge in [-0.05, 0) is 44.2 Å². The van der Waals surface area contributed by atoms with Gasteiger partial charge in [0.15, 0.2) is 17.3 Å². The number of ether oxygens (including phenoxy) is 2. The lowest BCUT2D eigenvalue weighted by atomic mass is 10.1. The fourth-order valence-electron chi connectivity index (χ4n) is 2.61. The number of rotatable bonds is 3. The van der Waals surface area contributed by atoms with E-state index in [1.54, 1.807) is 16.7 Å². The van der Waals surface area contributed by atoms with Gasteiger partial charge in [-0.1, -0.05) is 0 Å². The van der Waals surface area contributed by atoms with Crippen LogP contribution in [-0.2, 0) is 6.54 Å². The maximum atomic E-state index is 12.4. The standard InChI is InChI=1S/C17H17NO4/c1-3-18-14(6-5-13(11(2)19)17(18)20)12-4-7-15-16(10-12)22-9-8-21-15/h4-7,10H,3,8-9H2,1-2H3. The summed E-state index contributed by atoms with van der Waals surface area (Å²) in [4.78, 5) is 23.9. The molecule has 5 nitrogen and oxygen atoms in total. The first kappa shape index (κ1) is 14.4. The largest absolute Gasteiger partial charge is 0.486 e. The Labute approximate surface area is 128 Å². The second-order valence-corrected chi connectivity index (χ2v) is 5.10. The molecule has 0 fully saturated rings. The van der Waals surface area contributed by atoms with Crippen LogP contribution in [0, 0.1) is 0 Å². The maximum absolute atomic E-state index is 12.4. The van der Waals surface area contributed by atoms with E-state index >= 15 is 0 Å². The smallest absolute Gasteiger partial charge is 0.261 e. The van der Waals surface area contributed by atoms with Crippen molar-refractivity contribution in [2.24, 2.45) is 0 Å². The third-order valence-electron chi connectivity index (χ3n) is 3.71. The van der Waals surface area contributed by atoms with Crippen LogP contribution in [0.5, 0.6) is 11.5 Å². The number of carbonyl (C=O) groups excluding carboxylic acids is 1. The average molecular weight is 299 g/mol. The summed E-state index contributed by atoms with van der Waals surface area (Å²) in [5, 5.41) is 0. The van der Waals surface area contributed by atoms with Crippen molar-refractivity contribution in [3.63, 3.8) is 0 Å². The predicted molar refractivity (Wildman–Crippen MR) is 82.8 cm³/mol. The van der Waals surface area contributed by atoms with Crippen LogP contribution in [0.4, 0.5) is 0 Å². The highest BCUT2D eigenvalue weighted by Crippen LogP contribution is 2.34. The second kappa shape index (κ2) is 5.67. The number of nitrogens with zero attached hydrogens (tertiary/aromatic N) is 1. The fourth-order valence-corrected chi connectivity index (χ4v) is 2.61. The van der Waals surface area contributed by atoms with Gasteiger partial charge in [0, 0.05) is 12.1 Å². The molecule has 1 aliphatic heterocycles. The minimum absolute atomic E-state index is 0.211. The molecule has 1 aromatic carbocycles. The molecule has 0 N–H and O–H groups in total. The molecule has 3 rings (SSSR count). The summed E-state index contributed by atoms with van der Waals surface area (Å²) in [6, 6.07) is 8.98. The van der Waals surface area contributed by atoms with E-state index in [0.29, 0.717) is 31.3 Å². The molecular weight excluding hydrogens is 282 g/mol. The summed E-state index contributed by atoms with van der Waals surface area (Å²) < 4.78 is 12.7. The lowest BCUT2D eigenvalue weighted by molar-refractivity contribution is 0.101. The highest BCUT2D eigenvalue weighted by Gasteiger charge is 2.16. The second-order valence-electron chi connectivity index (χ2n) is 5.10. The van der Waals surface area contributed by atoms with Crippen molar-refractivity contribution >= 4 is 5.78 Å². The normalized spacial score (nSPS) is 13.0. The molecule has 22 heavy (non-hydrogen) atoms. The summed E-state index contributed by atoms with van der Waals surface area (Å²) in [7, 11) is 0. The van der Waals surface area contributed by atoms with Crippen LogP contribution >= 0.6 is 0 Å². The molecular formula is C17H17NO4. The Morgan fingerprint density at radius 1 is 1.14 bits per heavy atom. The zero-order chi connectivity index (χ0) is 15.7. The van der Waals surface area contributed by atoms with E-state index in [9.17, 15) is 9.59 Å². The topological polar surface area (TPSA) is 57.5 Å². The lowest BCUT2D eigenvalue weighted by Gasteiger charge is -2.20. The van der Waals surface area contributed by atoms with Crippen LogP contribution in [0.2, 0.25) is 0 Å². The number of aromatic nitrogens is 1. The molecule has 5 heteroatoms. The SMILES string of the molecule is CCn1c(-c2ccc3c(c2)OCCO3)ccc(C(C)=O)c1=O. The van der Waals surface area contributed by atoms with Gasteiger partial charge in [-0.15, -0.1) is 0 Å². The molecule has 0 saturated carbocycles. The number of carbonyl (C=O) groups is 1. The Morgan fingerprint density at radius 3 is 2.55 bits per heavy atom. The van der Waals surface area contributed by atoms with Gasteiger partial charge in [-0.25, -0.2) is 0 Å². The number of Topliss-reactive ketones (excluding diaryl/α,β-unsaturated/α-hetero) is 1. The minimum Gasteiger partial charge on any atom is -0.486 e. The van der Waals surface area contributed by atoms with Crippen LogP contribution in [0.1, 0.15) is 24.2 Å². The van der Waals surface area contributed by atoms with Crippen molar-refractivity contribution in [2.75, 3.05) is 13.2 Å². The Morgan fingerprint density at radius 2 is 1.86 bits per heavy atom. The number of ketones is 1. The average Bonchev–Trinajstić information content (AvgIpc) is 2.53. The van der Waals surface area contributed by atoms with Crippen molar-refractivity contribution < 1.29 is 14.3 Å². The number of fused-ring (bicyclic) bond motifs is 1. The number of pyridine rings is 1. The molecule has 0 amide bonds. The van der Waals surface area contributed by atoms with Gasteiger partial charge >= 0.3 is 0 Å². The Kier molecular flexibility index (Phi) is 3.71. The first-order chi connectivity index (χ1) is 10.6. The third kappa shape index (κ3) is 2.39. The molecule has 0 radical (unpaired) electrons. The molecule has 0 bridgehead atoms. The molecule has 1 aromatic heterocycles. The van der Waals surface area contributed by atoms with Crippen LogP contribution in [-0.4, -0.2) is 23.6 Å². The zero-order valence-electron chi connectivity index (χ0n) is 12.6. The highest BCUT2D eigenvalue weighted by molar-refractivity contribution is 5.94. The van der Waals surface area contributed by atoms with Crippen molar-refractivity contribution in [3.8, 4) is 22.8 Å². The summed E-state index contributed by atoms with van der Waals surface area (Å²) in [5.41, 5.74) is 1.57. The first-order valence-electron chi connectivity index (χ1n) is 7.26. The number of hydrogen-bond donors (Lipinski definition) is 0. The minimum atomic E-state index is -0.262. The van der Waals surface area contributed by atoms with Gasteiger partial charge in [-0.2, -0.15) is 0 Å². The summed E-state index contributed by atoms with van der Waals surface area (Å²) in [6.45, 7) is 4.83.